The van der Waals surface area contributed by atoms with Gasteiger partial charge >= 0.3 is 0 Å². The lowest BCUT2D eigenvalue weighted by atomic mass is 10.2. The molecule has 0 bridgehead atoms. The summed E-state index contributed by atoms with van der Waals surface area (Å²) in [5.41, 5.74) is 3.80. The van der Waals surface area contributed by atoms with Gasteiger partial charge in [0.15, 0.2) is 0 Å². The number of amides is 1. The minimum absolute atomic E-state index is 0.275. The summed E-state index contributed by atoms with van der Waals surface area (Å²) in [5.74, 6) is 1.12. The summed E-state index contributed by atoms with van der Waals surface area (Å²) in [6.07, 6.45) is 1.55. The molecule has 0 saturated heterocycles. The number of nitrogens with zero attached hydrogens (tertiary/aromatic N) is 1. The lowest BCUT2D eigenvalue weighted by molar-refractivity contribution is 0.0955. The van der Waals surface area contributed by atoms with Crippen LogP contribution in [-0.2, 0) is 0 Å². The number of hydrogen-bond acceptors (Lipinski definition) is 4. The standard InChI is InChI=1S/C18H19BrN2O3/c1-3-23-16-10-7-14(17(11-16)24-4-2)12-20-21-18(22)13-5-8-15(19)9-6-13/h5-12H,3-4H2,1-2H3,(H,21,22). The molecule has 0 aliphatic rings. The minimum Gasteiger partial charge on any atom is -0.494 e. The van der Waals surface area contributed by atoms with Crippen LogP contribution in [0, 0.1) is 0 Å². The number of halogens is 1. The number of nitrogens with one attached hydrogen (secondary N) is 1. The van der Waals surface area contributed by atoms with Gasteiger partial charge in [-0.05, 0) is 50.2 Å². The number of ether oxygens (including phenoxy) is 2. The SMILES string of the molecule is CCOc1ccc(C=NNC(=O)c2ccc(Br)cc2)c(OCC)c1. The molecule has 1 amide bonds. The average molecular weight is 391 g/mol. The Morgan fingerprint density at radius 2 is 1.83 bits per heavy atom. The van der Waals surface area contributed by atoms with Crippen LogP contribution in [0.3, 0.4) is 0 Å². The molecular weight excluding hydrogens is 372 g/mol. The van der Waals surface area contributed by atoms with Crippen molar-refractivity contribution in [2.24, 2.45) is 5.10 Å². The van der Waals surface area contributed by atoms with Crippen LogP contribution >= 0.6 is 15.9 Å². The second kappa shape index (κ2) is 9.08. The van der Waals surface area contributed by atoms with Crippen LogP contribution in [0.1, 0.15) is 29.8 Å². The highest BCUT2D eigenvalue weighted by atomic mass is 79.9. The van der Waals surface area contributed by atoms with E-state index in [0.29, 0.717) is 24.5 Å². The van der Waals surface area contributed by atoms with Crippen molar-refractivity contribution in [1.29, 1.82) is 0 Å². The number of carbonyl (C=O) groups is 1. The molecule has 0 fully saturated rings. The quantitative estimate of drug-likeness (QED) is 0.573. The summed E-state index contributed by atoms with van der Waals surface area (Å²) < 4.78 is 12.0. The Bertz CT molecular complexity index is 715. The predicted octanol–water partition coefficient (Wildman–Crippen LogP) is 4.01. The average Bonchev–Trinajstić information content (AvgIpc) is 2.58. The molecular formula is C18H19BrN2O3. The molecule has 0 aliphatic heterocycles. The molecule has 2 aromatic carbocycles. The van der Waals surface area contributed by atoms with E-state index in [1.165, 1.54) is 0 Å². The van der Waals surface area contributed by atoms with E-state index in [4.69, 9.17) is 9.47 Å². The van der Waals surface area contributed by atoms with Crippen LogP contribution in [0.2, 0.25) is 0 Å². The fourth-order valence-electron chi connectivity index (χ4n) is 1.98. The van der Waals surface area contributed by atoms with E-state index in [9.17, 15) is 4.79 Å². The Kier molecular flexibility index (Phi) is 6.81. The smallest absolute Gasteiger partial charge is 0.271 e. The van der Waals surface area contributed by atoms with Gasteiger partial charge in [-0.15, -0.1) is 0 Å². The van der Waals surface area contributed by atoms with Crippen molar-refractivity contribution in [2.45, 2.75) is 13.8 Å². The van der Waals surface area contributed by atoms with Gasteiger partial charge in [-0.1, -0.05) is 15.9 Å². The zero-order valence-electron chi connectivity index (χ0n) is 13.6. The third-order valence-electron chi connectivity index (χ3n) is 3.07. The van der Waals surface area contributed by atoms with Crippen LogP contribution < -0.4 is 14.9 Å². The van der Waals surface area contributed by atoms with Gasteiger partial charge in [0.1, 0.15) is 11.5 Å². The summed E-state index contributed by atoms with van der Waals surface area (Å²) >= 11 is 3.33. The third kappa shape index (κ3) is 5.09. The van der Waals surface area contributed by atoms with Crippen LogP contribution in [0.4, 0.5) is 0 Å². The molecule has 2 rings (SSSR count). The lowest BCUT2D eigenvalue weighted by Gasteiger charge is -2.10. The number of hydrogen-bond donors (Lipinski definition) is 1. The van der Waals surface area contributed by atoms with E-state index < -0.39 is 0 Å². The summed E-state index contributed by atoms with van der Waals surface area (Å²) in [6, 6.07) is 12.5. The highest BCUT2D eigenvalue weighted by Gasteiger charge is 2.06. The minimum atomic E-state index is -0.275. The fraction of sp³-hybridized carbons (Fsp3) is 0.222. The molecule has 0 heterocycles. The van der Waals surface area contributed by atoms with E-state index in [1.807, 2.05) is 32.0 Å². The highest BCUT2D eigenvalue weighted by molar-refractivity contribution is 9.10. The van der Waals surface area contributed by atoms with Crippen molar-refractivity contribution in [2.75, 3.05) is 13.2 Å². The van der Waals surface area contributed by atoms with Gasteiger partial charge < -0.3 is 9.47 Å². The van der Waals surface area contributed by atoms with Crippen LogP contribution in [0.5, 0.6) is 11.5 Å². The zero-order chi connectivity index (χ0) is 17.4. The molecule has 0 aromatic heterocycles. The first-order valence-corrected chi connectivity index (χ1v) is 8.42. The first-order chi connectivity index (χ1) is 11.6. The van der Waals surface area contributed by atoms with Crippen molar-refractivity contribution >= 4 is 28.1 Å². The third-order valence-corrected chi connectivity index (χ3v) is 3.60. The summed E-state index contributed by atoms with van der Waals surface area (Å²) in [5, 5.41) is 4.00. The molecule has 5 nitrogen and oxygen atoms in total. The van der Waals surface area contributed by atoms with E-state index in [2.05, 4.69) is 26.5 Å². The first kappa shape index (κ1) is 18.0. The maximum Gasteiger partial charge on any atom is 0.271 e. The van der Waals surface area contributed by atoms with Gasteiger partial charge in [-0.2, -0.15) is 5.10 Å². The van der Waals surface area contributed by atoms with Gasteiger partial charge in [0, 0.05) is 21.7 Å². The normalized spacial score (nSPS) is 10.6. The summed E-state index contributed by atoms with van der Waals surface area (Å²) in [6.45, 7) is 4.95. The number of rotatable bonds is 7. The molecule has 0 saturated carbocycles. The Hall–Kier alpha value is -2.34. The first-order valence-electron chi connectivity index (χ1n) is 7.62. The highest BCUT2D eigenvalue weighted by Crippen LogP contribution is 2.24. The van der Waals surface area contributed by atoms with Crippen LogP contribution in [-0.4, -0.2) is 25.3 Å². The maximum absolute atomic E-state index is 12.0. The van der Waals surface area contributed by atoms with Gasteiger partial charge in [0.25, 0.3) is 5.91 Å². The van der Waals surface area contributed by atoms with Gasteiger partial charge in [-0.25, -0.2) is 5.43 Å². The lowest BCUT2D eigenvalue weighted by Crippen LogP contribution is -2.17. The Morgan fingerprint density at radius 3 is 2.50 bits per heavy atom. The van der Waals surface area contributed by atoms with Crippen molar-refractivity contribution in [3.63, 3.8) is 0 Å². The molecule has 0 atom stereocenters. The van der Waals surface area contributed by atoms with Crippen LogP contribution in [0.15, 0.2) is 52.0 Å². The van der Waals surface area contributed by atoms with Crippen LogP contribution in [0.25, 0.3) is 0 Å². The number of carbonyl (C=O) groups excluding carboxylic acids is 1. The van der Waals surface area contributed by atoms with Crippen molar-refractivity contribution < 1.29 is 14.3 Å². The Morgan fingerprint density at radius 1 is 1.12 bits per heavy atom. The van der Waals surface area contributed by atoms with Gasteiger partial charge in [0.2, 0.25) is 0 Å². The molecule has 0 aliphatic carbocycles. The van der Waals surface area contributed by atoms with Gasteiger partial charge in [-0.3, -0.25) is 4.79 Å². The largest absolute Gasteiger partial charge is 0.494 e. The molecule has 6 heteroatoms. The van der Waals surface area contributed by atoms with Crippen molar-refractivity contribution in [3.05, 3.63) is 58.1 Å². The van der Waals surface area contributed by atoms with E-state index in [1.54, 1.807) is 30.5 Å². The predicted molar refractivity (Wildman–Crippen MR) is 98.0 cm³/mol. The van der Waals surface area contributed by atoms with E-state index in [-0.39, 0.29) is 5.91 Å². The molecule has 126 valence electrons. The topological polar surface area (TPSA) is 59.9 Å². The van der Waals surface area contributed by atoms with E-state index in [0.717, 1.165) is 15.8 Å². The number of hydrazone groups is 1. The molecule has 0 radical (unpaired) electrons. The maximum atomic E-state index is 12.0. The number of benzene rings is 2. The van der Waals surface area contributed by atoms with Gasteiger partial charge in [0.05, 0.1) is 19.4 Å². The molecule has 2 aromatic rings. The summed E-state index contributed by atoms with van der Waals surface area (Å²) in [7, 11) is 0. The fourth-order valence-corrected chi connectivity index (χ4v) is 2.25. The van der Waals surface area contributed by atoms with Crippen molar-refractivity contribution in [1.82, 2.24) is 5.43 Å². The summed E-state index contributed by atoms with van der Waals surface area (Å²) in [4.78, 5) is 12.0. The monoisotopic (exact) mass is 390 g/mol. The molecule has 0 spiro atoms. The zero-order valence-corrected chi connectivity index (χ0v) is 15.2. The van der Waals surface area contributed by atoms with E-state index >= 15 is 0 Å². The Labute approximate surface area is 149 Å². The second-order valence-electron chi connectivity index (χ2n) is 4.77. The Balaban J connectivity index is 2.07. The van der Waals surface area contributed by atoms with Crippen molar-refractivity contribution in [3.8, 4) is 11.5 Å². The molecule has 0 unspecified atom stereocenters. The second-order valence-corrected chi connectivity index (χ2v) is 5.69. The molecule has 24 heavy (non-hydrogen) atoms. The molecule has 1 N–H and O–H groups in total.